The highest BCUT2D eigenvalue weighted by atomic mass is 32.1. The number of aryl methyl sites for hydroxylation is 1. The average molecular weight is 444 g/mol. The lowest BCUT2D eigenvalue weighted by molar-refractivity contribution is 0.0977. The van der Waals surface area contributed by atoms with Gasteiger partial charge in [0.1, 0.15) is 5.52 Å². The molecule has 1 aromatic heterocycles. The van der Waals surface area contributed by atoms with E-state index in [1.807, 2.05) is 49.4 Å². The molecule has 32 heavy (non-hydrogen) atoms. The topological polar surface area (TPSA) is 67.2 Å². The second-order valence-electron chi connectivity index (χ2n) is 8.80. The van der Waals surface area contributed by atoms with E-state index in [2.05, 4.69) is 48.5 Å². The SMILES string of the molecule is Cc1ccc(C(=O)NC(=S)Nc2ccc3nc(-c4ccc(C(C)(C)C)cc4)oc3c2)cc1. The Labute approximate surface area is 192 Å². The first-order valence-corrected chi connectivity index (χ1v) is 10.8. The van der Waals surface area contributed by atoms with E-state index in [4.69, 9.17) is 16.6 Å². The van der Waals surface area contributed by atoms with Gasteiger partial charge in [0, 0.05) is 22.9 Å². The quantitative estimate of drug-likeness (QED) is 0.368. The number of nitrogens with one attached hydrogen (secondary N) is 2. The second kappa shape index (κ2) is 8.55. The van der Waals surface area contributed by atoms with Crippen molar-refractivity contribution in [3.63, 3.8) is 0 Å². The number of rotatable bonds is 3. The molecule has 1 heterocycles. The van der Waals surface area contributed by atoms with Crippen molar-refractivity contribution in [2.45, 2.75) is 33.1 Å². The standard InChI is InChI=1S/C26H25N3O2S/c1-16-5-7-17(8-6-16)23(30)29-25(32)27-20-13-14-21-22(15-20)31-24(28-21)18-9-11-19(12-10-18)26(2,3)4/h5-15H,1-4H3,(H2,27,29,30,32). The van der Waals surface area contributed by atoms with Gasteiger partial charge in [-0.15, -0.1) is 0 Å². The van der Waals surface area contributed by atoms with E-state index in [1.54, 1.807) is 12.1 Å². The van der Waals surface area contributed by atoms with Crippen molar-refractivity contribution in [3.8, 4) is 11.5 Å². The molecule has 0 bridgehead atoms. The Kier molecular flexibility index (Phi) is 5.80. The van der Waals surface area contributed by atoms with Crippen LogP contribution in [0.1, 0.15) is 42.3 Å². The first-order valence-electron chi connectivity index (χ1n) is 10.4. The van der Waals surface area contributed by atoms with Crippen LogP contribution in [0.3, 0.4) is 0 Å². The molecule has 0 saturated carbocycles. The van der Waals surface area contributed by atoms with Gasteiger partial charge < -0.3 is 9.73 Å². The zero-order valence-electron chi connectivity index (χ0n) is 18.5. The van der Waals surface area contributed by atoms with E-state index in [9.17, 15) is 4.79 Å². The van der Waals surface area contributed by atoms with E-state index in [0.717, 1.165) is 16.6 Å². The average Bonchev–Trinajstić information content (AvgIpc) is 3.17. The van der Waals surface area contributed by atoms with E-state index < -0.39 is 0 Å². The monoisotopic (exact) mass is 443 g/mol. The highest BCUT2D eigenvalue weighted by Crippen LogP contribution is 2.29. The number of anilines is 1. The van der Waals surface area contributed by atoms with Crippen molar-refractivity contribution in [2.24, 2.45) is 0 Å². The fourth-order valence-corrected chi connectivity index (χ4v) is 3.49. The second-order valence-corrected chi connectivity index (χ2v) is 9.21. The number of amides is 1. The predicted molar refractivity (Wildman–Crippen MR) is 133 cm³/mol. The van der Waals surface area contributed by atoms with Crippen LogP contribution in [0.2, 0.25) is 0 Å². The van der Waals surface area contributed by atoms with Gasteiger partial charge in [0.15, 0.2) is 10.7 Å². The van der Waals surface area contributed by atoms with Crippen LogP contribution in [0.5, 0.6) is 0 Å². The normalized spacial score (nSPS) is 11.4. The highest BCUT2D eigenvalue weighted by Gasteiger charge is 2.15. The fourth-order valence-electron chi connectivity index (χ4n) is 3.28. The number of carbonyl (C=O) groups excluding carboxylic acids is 1. The number of aromatic nitrogens is 1. The molecule has 1 amide bonds. The summed E-state index contributed by atoms with van der Waals surface area (Å²) in [5, 5.41) is 5.94. The minimum atomic E-state index is -0.260. The summed E-state index contributed by atoms with van der Waals surface area (Å²) in [4.78, 5) is 16.9. The van der Waals surface area contributed by atoms with Gasteiger partial charge in [-0.3, -0.25) is 10.1 Å². The summed E-state index contributed by atoms with van der Waals surface area (Å²) in [6, 6.07) is 21.1. The molecule has 0 saturated heterocycles. The molecule has 3 aromatic carbocycles. The van der Waals surface area contributed by atoms with Crippen LogP contribution in [0, 0.1) is 6.92 Å². The molecule has 0 unspecified atom stereocenters. The van der Waals surface area contributed by atoms with Gasteiger partial charge in [0.05, 0.1) is 0 Å². The fraction of sp³-hybridized carbons (Fsp3) is 0.192. The van der Waals surface area contributed by atoms with Crippen molar-refractivity contribution in [2.75, 3.05) is 5.32 Å². The minimum Gasteiger partial charge on any atom is -0.436 e. The maximum absolute atomic E-state index is 12.3. The summed E-state index contributed by atoms with van der Waals surface area (Å²) in [6.07, 6.45) is 0. The molecule has 0 radical (unpaired) electrons. The predicted octanol–water partition coefficient (Wildman–Crippen LogP) is 6.23. The Morgan fingerprint density at radius 3 is 2.31 bits per heavy atom. The molecular weight excluding hydrogens is 418 g/mol. The van der Waals surface area contributed by atoms with Gasteiger partial charge in [-0.2, -0.15) is 0 Å². The molecule has 4 aromatic rings. The van der Waals surface area contributed by atoms with Crippen LogP contribution in [0.4, 0.5) is 5.69 Å². The Hall–Kier alpha value is -3.51. The molecule has 5 nitrogen and oxygen atoms in total. The lowest BCUT2D eigenvalue weighted by Crippen LogP contribution is -2.34. The molecule has 0 spiro atoms. The number of oxazole rings is 1. The summed E-state index contributed by atoms with van der Waals surface area (Å²) in [6.45, 7) is 8.52. The van der Waals surface area contributed by atoms with Gasteiger partial charge in [0.25, 0.3) is 5.91 Å². The van der Waals surface area contributed by atoms with Gasteiger partial charge in [-0.05, 0) is 66.5 Å². The number of hydrogen-bond acceptors (Lipinski definition) is 4. The summed E-state index contributed by atoms with van der Waals surface area (Å²) < 4.78 is 5.98. The number of nitrogens with zero attached hydrogens (tertiary/aromatic N) is 1. The van der Waals surface area contributed by atoms with Crippen LogP contribution in [0.25, 0.3) is 22.6 Å². The van der Waals surface area contributed by atoms with Crippen molar-refractivity contribution in [3.05, 3.63) is 83.4 Å². The first-order chi connectivity index (χ1) is 15.2. The molecule has 0 fully saturated rings. The van der Waals surface area contributed by atoms with E-state index in [1.165, 1.54) is 5.56 Å². The molecule has 162 valence electrons. The number of carbonyl (C=O) groups is 1. The van der Waals surface area contributed by atoms with Crippen LogP contribution in [-0.2, 0) is 5.41 Å². The summed E-state index contributed by atoms with van der Waals surface area (Å²) >= 11 is 5.30. The van der Waals surface area contributed by atoms with Crippen LogP contribution >= 0.6 is 12.2 Å². The van der Waals surface area contributed by atoms with Gasteiger partial charge in [-0.1, -0.05) is 50.6 Å². The molecule has 0 aliphatic carbocycles. The molecule has 0 aliphatic heterocycles. The van der Waals surface area contributed by atoms with E-state index >= 15 is 0 Å². The van der Waals surface area contributed by atoms with Gasteiger partial charge in [-0.25, -0.2) is 4.98 Å². The highest BCUT2D eigenvalue weighted by molar-refractivity contribution is 7.80. The van der Waals surface area contributed by atoms with E-state index in [-0.39, 0.29) is 16.4 Å². The van der Waals surface area contributed by atoms with Gasteiger partial charge >= 0.3 is 0 Å². The minimum absolute atomic E-state index is 0.0910. The van der Waals surface area contributed by atoms with Crippen LogP contribution in [-0.4, -0.2) is 16.0 Å². The Morgan fingerprint density at radius 1 is 0.969 bits per heavy atom. The Morgan fingerprint density at radius 2 is 1.66 bits per heavy atom. The van der Waals surface area contributed by atoms with Crippen LogP contribution in [0.15, 0.2) is 71.1 Å². The lowest BCUT2D eigenvalue weighted by Gasteiger charge is -2.18. The van der Waals surface area contributed by atoms with Gasteiger partial charge in [0.2, 0.25) is 5.89 Å². The zero-order valence-corrected chi connectivity index (χ0v) is 19.3. The summed E-state index contributed by atoms with van der Waals surface area (Å²) in [7, 11) is 0. The Balaban J connectivity index is 1.47. The molecule has 0 aliphatic rings. The van der Waals surface area contributed by atoms with Crippen molar-refractivity contribution in [1.82, 2.24) is 10.3 Å². The maximum atomic E-state index is 12.3. The third-order valence-electron chi connectivity index (χ3n) is 5.18. The molecule has 4 rings (SSSR count). The molecule has 0 atom stereocenters. The largest absolute Gasteiger partial charge is 0.436 e. The Bertz CT molecular complexity index is 1280. The molecule has 2 N–H and O–H groups in total. The maximum Gasteiger partial charge on any atom is 0.257 e. The third-order valence-corrected chi connectivity index (χ3v) is 5.39. The first kappa shape index (κ1) is 21.7. The van der Waals surface area contributed by atoms with Crippen molar-refractivity contribution in [1.29, 1.82) is 0 Å². The number of thiocarbonyl (C=S) groups is 1. The number of fused-ring (bicyclic) bond motifs is 1. The lowest BCUT2D eigenvalue weighted by atomic mass is 9.87. The molecule has 6 heteroatoms. The molecular formula is C26H25N3O2S. The van der Waals surface area contributed by atoms with Crippen molar-refractivity contribution >= 4 is 40.0 Å². The smallest absolute Gasteiger partial charge is 0.257 e. The van der Waals surface area contributed by atoms with Crippen LogP contribution < -0.4 is 10.6 Å². The van der Waals surface area contributed by atoms with Crippen molar-refractivity contribution < 1.29 is 9.21 Å². The zero-order chi connectivity index (χ0) is 22.9. The van der Waals surface area contributed by atoms with E-state index in [0.29, 0.717) is 22.7 Å². The third kappa shape index (κ3) is 4.86. The summed E-state index contributed by atoms with van der Waals surface area (Å²) in [5.74, 6) is 0.303. The number of hydrogen-bond donors (Lipinski definition) is 2. The summed E-state index contributed by atoms with van der Waals surface area (Å²) in [5.41, 5.74) is 6.00. The number of benzene rings is 3.